The highest BCUT2D eigenvalue weighted by Crippen LogP contribution is 2.21. The monoisotopic (exact) mass is 297 g/mol. The number of nitrogens with one attached hydrogen (secondary N) is 1. The van der Waals surface area contributed by atoms with E-state index >= 15 is 0 Å². The van der Waals surface area contributed by atoms with E-state index in [0.717, 1.165) is 17.5 Å². The van der Waals surface area contributed by atoms with Crippen molar-refractivity contribution >= 4 is 15.7 Å². The van der Waals surface area contributed by atoms with Gasteiger partial charge in [-0.1, -0.05) is 12.1 Å². The van der Waals surface area contributed by atoms with E-state index in [1.165, 1.54) is 12.1 Å². The lowest BCUT2D eigenvalue weighted by Crippen LogP contribution is -2.11. The van der Waals surface area contributed by atoms with E-state index < -0.39 is 10.0 Å². The molecular weight excluding hydrogens is 281 g/mol. The largest absolute Gasteiger partial charge is 0.280 e. The van der Waals surface area contributed by atoms with Gasteiger partial charge in [-0.25, -0.2) is 12.8 Å². The molecule has 5 nitrogen and oxygen atoms in total. The van der Waals surface area contributed by atoms with Crippen LogP contribution in [0.4, 0.5) is 10.1 Å². The van der Waals surface area contributed by atoms with Crippen LogP contribution in [0.2, 0.25) is 0 Å². The Bertz CT molecular complexity index is 721. The Hall–Kier alpha value is -1.89. The molecular formula is C13H16FN3O2S. The standard InChI is InChI=1S/C13H16FN3O2S/c1-9-13(16-20(3,18)19)10(2)17(15-9)8-11-4-6-12(14)7-5-11/h4-7,16H,8H2,1-3H3. The molecule has 1 aromatic carbocycles. The maximum absolute atomic E-state index is 12.9. The SMILES string of the molecule is Cc1nn(Cc2ccc(F)cc2)c(C)c1NS(C)(=O)=O. The molecule has 1 heterocycles. The molecule has 2 aromatic rings. The molecule has 0 radical (unpaired) electrons. The molecule has 0 saturated heterocycles. The minimum absolute atomic E-state index is 0.290. The molecule has 0 atom stereocenters. The summed E-state index contributed by atoms with van der Waals surface area (Å²) < 4.78 is 39.7. The minimum atomic E-state index is -3.34. The zero-order valence-corrected chi connectivity index (χ0v) is 12.3. The van der Waals surface area contributed by atoms with E-state index in [9.17, 15) is 12.8 Å². The quantitative estimate of drug-likeness (QED) is 0.939. The molecule has 2 rings (SSSR count). The first-order valence-electron chi connectivity index (χ1n) is 6.02. The summed E-state index contributed by atoms with van der Waals surface area (Å²) in [5, 5.41) is 4.31. The van der Waals surface area contributed by atoms with Crippen LogP contribution in [0.5, 0.6) is 0 Å². The first-order valence-corrected chi connectivity index (χ1v) is 7.91. The minimum Gasteiger partial charge on any atom is -0.280 e. The molecule has 0 aliphatic carbocycles. The molecule has 0 unspecified atom stereocenters. The van der Waals surface area contributed by atoms with E-state index in [1.807, 2.05) is 0 Å². The Morgan fingerprint density at radius 1 is 1.25 bits per heavy atom. The number of halogens is 1. The molecule has 20 heavy (non-hydrogen) atoms. The van der Waals surface area contributed by atoms with Crippen molar-refractivity contribution in [3.05, 3.63) is 47.0 Å². The van der Waals surface area contributed by atoms with E-state index in [4.69, 9.17) is 0 Å². The lowest BCUT2D eigenvalue weighted by Gasteiger charge is -2.06. The zero-order chi connectivity index (χ0) is 14.9. The van der Waals surface area contributed by atoms with Gasteiger partial charge in [0, 0.05) is 0 Å². The summed E-state index contributed by atoms with van der Waals surface area (Å²) >= 11 is 0. The molecule has 0 fully saturated rings. The molecule has 1 N–H and O–H groups in total. The van der Waals surface area contributed by atoms with E-state index in [2.05, 4.69) is 9.82 Å². The molecule has 0 saturated carbocycles. The molecule has 0 bridgehead atoms. The van der Waals surface area contributed by atoms with Crippen LogP contribution < -0.4 is 4.72 Å². The summed E-state index contributed by atoms with van der Waals surface area (Å²) in [6, 6.07) is 6.12. The Morgan fingerprint density at radius 2 is 1.85 bits per heavy atom. The number of hydrogen-bond acceptors (Lipinski definition) is 3. The third kappa shape index (κ3) is 3.36. The lowest BCUT2D eigenvalue weighted by atomic mass is 10.2. The average molecular weight is 297 g/mol. The normalized spacial score (nSPS) is 11.6. The Kier molecular flexibility index (Phi) is 3.80. The summed E-state index contributed by atoms with van der Waals surface area (Å²) in [5.74, 6) is -0.290. The number of sulfonamides is 1. The first-order chi connectivity index (χ1) is 9.26. The second-order valence-corrected chi connectivity index (χ2v) is 6.45. The van der Waals surface area contributed by atoms with Crippen LogP contribution in [0, 0.1) is 19.7 Å². The number of aromatic nitrogens is 2. The number of rotatable bonds is 4. The second-order valence-electron chi connectivity index (χ2n) is 4.70. The van der Waals surface area contributed by atoms with Gasteiger partial charge in [0.15, 0.2) is 0 Å². The highest BCUT2D eigenvalue weighted by atomic mass is 32.2. The maximum atomic E-state index is 12.9. The van der Waals surface area contributed by atoms with Gasteiger partial charge < -0.3 is 0 Å². The van der Waals surface area contributed by atoms with E-state index in [0.29, 0.717) is 17.9 Å². The van der Waals surface area contributed by atoms with Gasteiger partial charge in [-0.2, -0.15) is 5.10 Å². The topological polar surface area (TPSA) is 64.0 Å². The Morgan fingerprint density at radius 3 is 2.40 bits per heavy atom. The molecule has 7 heteroatoms. The number of anilines is 1. The second kappa shape index (κ2) is 5.24. The Balaban J connectivity index is 2.30. The molecule has 0 spiro atoms. The number of nitrogens with zero attached hydrogens (tertiary/aromatic N) is 2. The predicted octanol–water partition coefficient (Wildman–Crippen LogP) is 2.06. The van der Waals surface area contributed by atoms with Crippen molar-refractivity contribution in [1.29, 1.82) is 0 Å². The first kappa shape index (κ1) is 14.5. The third-order valence-corrected chi connectivity index (χ3v) is 3.49. The van der Waals surface area contributed by atoms with Crippen LogP contribution in [0.25, 0.3) is 0 Å². The van der Waals surface area contributed by atoms with Crippen molar-refractivity contribution < 1.29 is 12.8 Å². The molecule has 0 aliphatic heterocycles. The highest BCUT2D eigenvalue weighted by Gasteiger charge is 2.14. The van der Waals surface area contributed by atoms with Gasteiger partial charge in [-0.05, 0) is 31.5 Å². The van der Waals surface area contributed by atoms with Crippen molar-refractivity contribution in [3.63, 3.8) is 0 Å². The van der Waals surface area contributed by atoms with Crippen LogP contribution >= 0.6 is 0 Å². The summed E-state index contributed by atoms with van der Waals surface area (Å²) in [5.41, 5.74) is 2.71. The van der Waals surface area contributed by atoms with E-state index in [1.54, 1.807) is 30.7 Å². The van der Waals surface area contributed by atoms with Crippen molar-refractivity contribution in [2.45, 2.75) is 20.4 Å². The summed E-state index contributed by atoms with van der Waals surface area (Å²) in [6.07, 6.45) is 1.10. The summed E-state index contributed by atoms with van der Waals surface area (Å²) in [7, 11) is -3.34. The van der Waals surface area contributed by atoms with Crippen molar-refractivity contribution in [2.24, 2.45) is 0 Å². The van der Waals surface area contributed by atoms with Gasteiger partial charge in [-0.3, -0.25) is 9.40 Å². The van der Waals surface area contributed by atoms with Crippen molar-refractivity contribution in [3.8, 4) is 0 Å². The fourth-order valence-corrected chi connectivity index (χ4v) is 2.61. The summed E-state index contributed by atoms with van der Waals surface area (Å²) in [4.78, 5) is 0. The fraction of sp³-hybridized carbons (Fsp3) is 0.308. The molecule has 108 valence electrons. The maximum Gasteiger partial charge on any atom is 0.229 e. The van der Waals surface area contributed by atoms with Gasteiger partial charge in [0.05, 0.1) is 29.9 Å². The van der Waals surface area contributed by atoms with Gasteiger partial charge in [-0.15, -0.1) is 0 Å². The average Bonchev–Trinajstić information content (AvgIpc) is 2.58. The lowest BCUT2D eigenvalue weighted by molar-refractivity contribution is 0.606. The van der Waals surface area contributed by atoms with Crippen LogP contribution in [0.1, 0.15) is 17.0 Å². The van der Waals surface area contributed by atoms with Crippen LogP contribution in [-0.4, -0.2) is 24.5 Å². The number of benzene rings is 1. The highest BCUT2D eigenvalue weighted by molar-refractivity contribution is 7.92. The van der Waals surface area contributed by atoms with E-state index in [-0.39, 0.29) is 5.82 Å². The van der Waals surface area contributed by atoms with Gasteiger partial charge in [0.25, 0.3) is 0 Å². The van der Waals surface area contributed by atoms with Gasteiger partial charge >= 0.3 is 0 Å². The van der Waals surface area contributed by atoms with Crippen LogP contribution in [-0.2, 0) is 16.6 Å². The molecule has 1 aromatic heterocycles. The zero-order valence-electron chi connectivity index (χ0n) is 11.5. The summed E-state index contributed by atoms with van der Waals surface area (Å²) in [6.45, 7) is 3.98. The number of aryl methyl sites for hydroxylation is 1. The predicted molar refractivity (Wildman–Crippen MR) is 75.7 cm³/mol. The van der Waals surface area contributed by atoms with Crippen molar-refractivity contribution in [2.75, 3.05) is 11.0 Å². The van der Waals surface area contributed by atoms with Gasteiger partial charge in [0.1, 0.15) is 5.82 Å². The van der Waals surface area contributed by atoms with Crippen LogP contribution in [0.3, 0.4) is 0 Å². The molecule has 0 aliphatic rings. The third-order valence-electron chi connectivity index (χ3n) is 2.91. The number of hydrogen-bond donors (Lipinski definition) is 1. The fourth-order valence-electron chi connectivity index (χ4n) is 1.95. The van der Waals surface area contributed by atoms with Crippen LogP contribution in [0.15, 0.2) is 24.3 Å². The molecule has 0 amide bonds. The smallest absolute Gasteiger partial charge is 0.229 e. The van der Waals surface area contributed by atoms with Gasteiger partial charge in [0.2, 0.25) is 10.0 Å². The Labute approximate surface area is 117 Å². The van der Waals surface area contributed by atoms with Crippen molar-refractivity contribution in [1.82, 2.24) is 9.78 Å².